The number of halogens is 2. The first kappa shape index (κ1) is 16.7. The molecule has 0 aromatic heterocycles. The van der Waals surface area contributed by atoms with Crippen LogP contribution in [0, 0.1) is 11.6 Å². The molecule has 0 spiro atoms. The average molecular weight is 333 g/mol. The van der Waals surface area contributed by atoms with Crippen molar-refractivity contribution in [2.24, 2.45) is 0 Å². The quantitative estimate of drug-likeness (QED) is 0.813. The van der Waals surface area contributed by atoms with Crippen LogP contribution in [0.15, 0.2) is 36.4 Å². The number of methoxy groups -OCH3 is 2. The van der Waals surface area contributed by atoms with E-state index in [2.05, 4.69) is 4.90 Å². The monoisotopic (exact) mass is 333 g/mol. The summed E-state index contributed by atoms with van der Waals surface area (Å²) in [6, 6.07) is 9.79. The summed E-state index contributed by atoms with van der Waals surface area (Å²) < 4.78 is 37.9. The lowest BCUT2D eigenvalue weighted by Gasteiger charge is -2.25. The lowest BCUT2D eigenvalue weighted by Crippen LogP contribution is -2.23. The highest BCUT2D eigenvalue weighted by molar-refractivity contribution is 5.43. The SMILES string of the molecule is COc1cc(F)c(CN2CCC[C@@H]2c2ccc(F)cc2)cc1OC. The van der Waals surface area contributed by atoms with Crippen LogP contribution < -0.4 is 9.47 Å². The van der Waals surface area contributed by atoms with Crippen molar-refractivity contribution >= 4 is 0 Å². The number of hydrogen-bond donors (Lipinski definition) is 0. The lowest BCUT2D eigenvalue weighted by atomic mass is 10.0. The molecule has 0 unspecified atom stereocenters. The first-order chi connectivity index (χ1) is 11.6. The summed E-state index contributed by atoms with van der Waals surface area (Å²) >= 11 is 0. The van der Waals surface area contributed by atoms with E-state index in [0.29, 0.717) is 23.6 Å². The van der Waals surface area contributed by atoms with Gasteiger partial charge in [-0.2, -0.15) is 0 Å². The van der Waals surface area contributed by atoms with E-state index >= 15 is 0 Å². The van der Waals surface area contributed by atoms with Crippen LogP contribution in [0.1, 0.15) is 30.0 Å². The molecule has 0 aliphatic carbocycles. The predicted molar refractivity (Wildman–Crippen MR) is 88.3 cm³/mol. The highest BCUT2D eigenvalue weighted by Crippen LogP contribution is 2.36. The van der Waals surface area contributed by atoms with Crippen molar-refractivity contribution < 1.29 is 18.3 Å². The van der Waals surface area contributed by atoms with Crippen molar-refractivity contribution in [1.29, 1.82) is 0 Å². The largest absolute Gasteiger partial charge is 0.493 e. The molecular formula is C19H21F2NO2. The van der Waals surface area contributed by atoms with Crippen LogP contribution in [0.3, 0.4) is 0 Å². The second-order valence-electron chi connectivity index (χ2n) is 5.98. The fourth-order valence-electron chi connectivity index (χ4n) is 3.31. The van der Waals surface area contributed by atoms with E-state index in [1.165, 1.54) is 32.4 Å². The second kappa shape index (κ2) is 7.18. The number of rotatable bonds is 5. The zero-order valence-electron chi connectivity index (χ0n) is 13.9. The van der Waals surface area contributed by atoms with Gasteiger partial charge in [0.2, 0.25) is 0 Å². The van der Waals surface area contributed by atoms with Gasteiger partial charge < -0.3 is 9.47 Å². The van der Waals surface area contributed by atoms with Gasteiger partial charge >= 0.3 is 0 Å². The molecule has 128 valence electrons. The molecule has 5 heteroatoms. The summed E-state index contributed by atoms with van der Waals surface area (Å²) in [6.45, 7) is 1.37. The summed E-state index contributed by atoms with van der Waals surface area (Å²) in [4.78, 5) is 2.22. The molecule has 3 rings (SSSR count). The van der Waals surface area contributed by atoms with E-state index in [-0.39, 0.29) is 17.7 Å². The third-order valence-electron chi connectivity index (χ3n) is 4.54. The molecular weight excluding hydrogens is 312 g/mol. The van der Waals surface area contributed by atoms with E-state index in [4.69, 9.17) is 9.47 Å². The number of ether oxygens (including phenoxy) is 2. The third kappa shape index (κ3) is 3.36. The minimum atomic E-state index is -0.308. The zero-order valence-corrected chi connectivity index (χ0v) is 13.9. The van der Waals surface area contributed by atoms with E-state index in [1.54, 1.807) is 6.07 Å². The Morgan fingerprint density at radius 3 is 2.38 bits per heavy atom. The molecule has 0 amide bonds. The smallest absolute Gasteiger partial charge is 0.163 e. The van der Waals surface area contributed by atoms with Gasteiger partial charge in [0.05, 0.1) is 14.2 Å². The Morgan fingerprint density at radius 1 is 1.04 bits per heavy atom. The van der Waals surface area contributed by atoms with E-state index < -0.39 is 0 Å². The van der Waals surface area contributed by atoms with Crippen molar-refractivity contribution in [2.75, 3.05) is 20.8 Å². The number of nitrogens with zero attached hydrogens (tertiary/aromatic N) is 1. The molecule has 1 aliphatic heterocycles. The molecule has 1 fully saturated rings. The number of benzene rings is 2. The standard InChI is InChI=1S/C19H21F2NO2/c1-23-18-10-14(16(21)11-19(18)24-2)12-22-9-3-4-17(22)13-5-7-15(20)8-6-13/h5-8,10-11,17H,3-4,9,12H2,1-2H3/t17-/m1/s1. The Hall–Kier alpha value is -2.14. The molecule has 3 nitrogen and oxygen atoms in total. The third-order valence-corrected chi connectivity index (χ3v) is 4.54. The summed E-state index contributed by atoms with van der Waals surface area (Å²) in [5.41, 5.74) is 1.64. The number of hydrogen-bond acceptors (Lipinski definition) is 3. The molecule has 2 aromatic carbocycles. The second-order valence-corrected chi connectivity index (χ2v) is 5.98. The molecule has 1 atom stereocenters. The predicted octanol–water partition coefficient (Wildman–Crippen LogP) is 4.32. The van der Waals surface area contributed by atoms with Crippen LogP contribution in [0.25, 0.3) is 0 Å². The van der Waals surface area contributed by atoms with Gasteiger partial charge in [-0.25, -0.2) is 8.78 Å². The van der Waals surface area contributed by atoms with E-state index in [0.717, 1.165) is 24.9 Å². The van der Waals surface area contributed by atoms with Crippen LogP contribution in [-0.2, 0) is 6.54 Å². The van der Waals surface area contributed by atoms with Gasteiger partial charge in [-0.05, 0) is 43.1 Å². The van der Waals surface area contributed by atoms with Crippen molar-refractivity contribution in [1.82, 2.24) is 4.90 Å². The molecule has 0 saturated carbocycles. The Balaban J connectivity index is 1.83. The average Bonchev–Trinajstić information content (AvgIpc) is 3.05. The summed E-state index contributed by atoms with van der Waals surface area (Å²) in [5, 5.41) is 0. The maximum atomic E-state index is 14.4. The maximum Gasteiger partial charge on any atom is 0.163 e. The highest BCUT2D eigenvalue weighted by atomic mass is 19.1. The first-order valence-corrected chi connectivity index (χ1v) is 8.02. The lowest BCUT2D eigenvalue weighted by molar-refractivity contribution is 0.244. The molecule has 0 bridgehead atoms. The van der Waals surface area contributed by atoms with Crippen molar-refractivity contribution in [3.8, 4) is 11.5 Å². The molecule has 0 radical (unpaired) electrons. The van der Waals surface area contributed by atoms with Crippen molar-refractivity contribution in [3.63, 3.8) is 0 Å². The van der Waals surface area contributed by atoms with Crippen LogP contribution in [0.2, 0.25) is 0 Å². The Labute approximate surface area is 140 Å². The van der Waals surface area contributed by atoms with Gasteiger partial charge in [-0.1, -0.05) is 12.1 Å². The van der Waals surface area contributed by atoms with Gasteiger partial charge in [-0.15, -0.1) is 0 Å². The fourth-order valence-corrected chi connectivity index (χ4v) is 3.31. The minimum absolute atomic E-state index is 0.179. The summed E-state index contributed by atoms with van der Waals surface area (Å²) in [6.07, 6.45) is 2.03. The van der Waals surface area contributed by atoms with Crippen LogP contribution in [0.5, 0.6) is 11.5 Å². The van der Waals surface area contributed by atoms with Crippen LogP contribution in [0.4, 0.5) is 8.78 Å². The normalized spacial score (nSPS) is 17.9. The van der Waals surface area contributed by atoms with Gasteiger partial charge in [0, 0.05) is 24.2 Å². The van der Waals surface area contributed by atoms with Gasteiger partial charge in [-0.3, -0.25) is 4.90 Å². The first-order valence-electron chi connectivity index (χ1n) is 8.02. The van der Waals surface area contributed by atoms with Gasteiger partial charge in [0.25, 0.3) is 0 Å². The Bertz CT molecular complexity index is 703. The summed E-state index contributed by atoms with van der Waals surface area (Å²) in [7, 11) is 3.03. The van der Waals surface area contributed by atoms with Gasteiger partial charge in [0.1, 0.15) is 11.6 Å². The molecule has 0 N–H and O–H groups in total. The Morgan fingerprint density at radius 2 is 1.71 bits per heavy atom. The molecule has 2 aromatic rings. The fraction of sp³-hybridized carbons (Fsp3) is 0.368. The molecule has 24 heavy (non-hydrogen) atoms. The molecule has 1 heterocycles. The van der Waals surface area contributed by atoms with E-state index in [1.807, 2.05) is 12.1 Å². The summed E-state index contributed by atoms with van der Waals surface area (Å²) in [5.74, 6) is 0.355. The van der Waals surface area contributed by atoms with Crippen molar-refractivity contribution in [2.45, 2.75) is 25.4 Å². The van der Waals surface area contributed by atoms with Crippen LogP contribution >= 0.6 is 0 Å². The molecule has 1 aliphatic rings. The van der Waals surface area contributed by atoms with Gasteiger partial charge in [0.15, 0.2) is 11.5 Å². The molecule has 1 saturated heterocycles. The Kier molecular flexibility index (Phi) is 5.00. The van der Waals surface area contributed by atoms with E-state index in [9.17, 15) is 8.78 Å². The maximum absolute atomic E-state index is 14.4. The topological polar surface area (TPSA) is 21.7 Å². The van der Waals surface area contributed by atoms with Crippen LogP contribution in [-0.4, -0.2) is 25.7 Å². The zero-order chi connectivity index (χ0) is 17.1. The van der Waals surface area contributed by atoms with Crippen molar-refractivity contribution in [3.05, 3.63) is 59.2 Å². The number of likely N-dealkylation sites (tertiary alicyclic amines) is 1. The minimum Gasteiger partial charge on any atom is -0.493 e. The highest BCUT2D eigenvalue weighted by Gasteiger charge is 2.27.